The summed E-state index contributed by atoms with van der Waals surface area (Å²) in [6, 6.07) is 16.4. The third-order valence-corrected chi connectivity index (χ3v) is 4.64. The van der Waals surface area contributed by atoms with E-state index in [1.54, 1.807) is 6.08 Å². The molecule has 0 unspecified atom stereocenters. The van der Waals surface area contributed by atoms with Crippen molar-refractivity contribution in [3.05, 3.63) is 65.7 Å². The summed E-state index contributed by atoms with van der Waals surface area (Å²) in [5.74, 6) is 0.409. The van der Waals surface area contributed by atoms with Gasteiger partial charge < -0.3 is 10.2 Å². The lowest BCUT2D eigenvalue weighted by atomic mass is 10.0. The first-order valence-corrected chi connectivity index (χ1v) is 9.06. The van der Waals surface area contributed by atoms with Crippen LogP contribution in [-0.4, -0.2) is 19.0 Å². The maximum absolute atomic E-state index is 12.1. The molecule has 0 radical (unpaired) electrons. The van der Waals surface area contributed by atoms with Crippen LogP contribution in [0.3, 0.4) is 0 Å². The van der Waals surface area contributed by atoms with Crippen molar-refractivity contribution < 1.29 is 4.79 Å². The second-order valence-corrected chi connectivity index (χ2v) is 6.88. The second kappa shape index (κ2) is 8.02. The van der Waals surface area contributed by atoms with Crippen molar-refractivity contribution in [3.8, 4) is 0 Å². The zero-order chi connectivity index (χ0) is 17.6. The van der Waals surface area contributed by atoms with Crippen molar-refractivity contribution in [2.24, 2.45) is 0 Å². The van der Waals surface area contributed by atoms with E-state index in [0.717, 1.165) is 24.3 Å². The number of nitrogens with zero attached hydrogens (tertiary/aromatic N) is 1. The summed E-state index contributed by atoms with van der Waals surface area (Å²) in [7, 11) is 0. The Morgan fingerprint density at radius 2 is 1.64 bits per heavy atom. The summed E-state index contributed by atoms with van der Waals surface area (Å²) < 4.78 is 0. The SMILES string of the molecule is CC(C)c1ccc(/C=C/C(=O)Nc2ccc(N3CCCC3)cc2)cc1. The van der Waals surface area contributed by atoms with Gasteiger partial charge in [0.05, 0.1) is 0 Å². The molecule has 1 heterocycles. The van der Waals surface area contributed by atoms with Crippen molar-refractivity contribution in [3.63, 3.8) is 0 Å². The number of carbonyl (C=O) groups excluding carboxylic acids is 1. The van der Waals surface area contributed by atoms with Crippen LogP contribution < -0.4 is 10.2 Å². The number of hydrogen-bond donors (Lipinski definition) is 1. The van der Waals surface area contributed by atoms with Crippen LogP contribution in [0.15, 0.2) is 54.6 Å². The largest absolute Gasteiger partial charge is 0.372 e. The number of benzene rings is 2. The molecular weight excluding hydrogens is 308 g/mol. The Morgan fingerprint density at radius 3 is 2.24 bits per heavy atom. The van der Waals surface area contributed by atoms with Gasteiger partial charge in [0, 0.05) is 30.5 Å². The van der Waals surface area contributed by atoms with Crippen LogP contribution in [0.5, 0.6) is 0 Å². The van der Waals surface area contributed by atoms with Crippen molar-refractivity contribution in [2.45, 2.75) is 32.6 Å². The highest BCUT2D eigenvalue weighted by Gasteiger charge is 2.11. The smallest absolute Gasteiger partial charge is 0.248 e. The monoisotopic (exact) mass is 334 g/mol. The van der Waals surface area contributed by atoms with Crippen LogP contribution in [0.25, 0.3) is 6.08 Å². The molecule has 1 N–H and O–H groups in total. The Hall–Kier alpha value is -2.55. The summed E-state index contributed by atoms with van der Waals surface area (Å²) >= 11 is 0. The number of hydrogen-bond acceptors (Lipinski definition) is 2. The molecule has 0 bridgehead atoms. The molecular formula is C22H26N2O. The normalized spacial score (nSPS) is 14.4. The fraction of sp³-hybridized carbons (Fsp3) is 0.318. The van der Waals surface area contributed by atoms with E-state index < -0.39 is 0 Å². The molecule has 0 aliphatic carbocycles. The summed E-state index contributed by atoms with van der Waals surface area (Å²) in [6.45, 7) is 6.61. The maximum Gasteiger partial charge on any atom is 0.248 e. The lowest BCUT2D eigenvalue weighted by Gasteiger charge is -2.17. The van der Waals surface area contributed by atoms with Crippen molar-refractivity contribution in [1.82, 2.24) is 0 Å². The van der Waals surface area contributed by atoms with E-state index in [2.05, 4.69) is 48.3 Å². The van der Waals surface area contributed by atoms with Gasteiger partial charge in [0.1, 0.15) is 0 Å². The molecule has 1 saturated heterocycles. The predicted molar refractivity (Wildman–Crippen MR) is 106 cm³/mol. The Morgan fingerprint density at radius 1 is 1.00 bits per heavy atom. The van der Waals surface area contributed by atoms with Crippen LogP contribution in [0.2, 0.25) is 0 Å². The van der Waals surface area contributed by atoms with E-state index in [-0.39, 0.29) is 5.91 Å². The molecule has 3 rings (SSSR count). The summed E-state index contributed by atoms with van der Waals surface area (Å²) in [5, 5.41) is 2.92. The van der Waals surface area contributed by atoms with Gasteiger partial charge in [-0.3, -0.25) is 4.79 Å². The van der Waals surface area contributed by atoms with Crippen LogP contribution in [0.1, 0.15) is 43.7 Å². The molecule has 2 aromatic carbocycles. The maximum atomic E-state index is 12.1. The fourth-order valence-corrected chi connectivity index (χ4v) is 3.08. The lowest BCUT2D eigenvalue weighted by molar-refractivity contribution is -0.111. The quantitative estimate of drug-likeness (QED) is 0.775. The number of anilines is 2. The Kier molecular flexibility index (Phi) is 5.54. The minimum Gasteiger partial charge on any atom is -0.372 e. The zero-order valence-electron chi connectivity index (χ0n) is 15.0. The van der Waals surface area contributed by atoms with Gasteiger partial charge in [-0.25, -0.2) is 0 Å². The van der Waals surface area contributed by atoms with E-state index in [0.29, 0.717) is 5.92 Å². The number of amides is 1. The molecule has 1 aliphatic rings. The predicted octanol–water partition coefficient (Wildman–Crippen LogP) is 5.06. The molecule has 1 amide bonds. The van der Waals surface area contributed by atoms with Crippen molar-refractivity contribution >= 4 is 23.4 Å². The zero-order valence-corrected chi connectivity index (χ0v) is 15.0. The van der Waals surface area contributed by atoms with Gasteiger partial charge in [-0.2, -0.15) is 0 Å². The van der Waals surface area contributed by atoms with E-state index in [1.165, 1.54) is 24.1 Å². The molecule has 0 atom stereocenters. The number of carbonyl (C=O) groups is 1. The second-order valence-electron chi connectivity index (χ2n) is 6.88. The van der Waals surface area contributed by atoms with Crippen LogP contribution >= 0.6 is 0 Å². The molecule has 0 spiro atoms. The summed E-state index contributed by atoms with van der Waals surface area (Å²) in [6.07, 6.45) is 5.96. The van der Waals surface area contributed by atoms with Gasteiger partial charge in [0.15, 0.2) is 0 Å². The molecule has 3 heteroatoms. The summed E-state index contributed by atoms with van der Waals surface area (Å²) in [4.78, 5) is 14.5. The van der Waals surface area contributed by atoms with Gasteiger partial charge in [-0.15, -0.1) is 0 Å². The average Bonchev–Trinajstić information content (AvgIpc) is 3.15. The molecule has 2 aromatic rings. The Bertz CT molecular complexity index is 724. The molecule has 0 saturated carbocycles. The van der Waals surface area contributed by atoms with Crippen molar-refractivity contribution in [2.75, 3.05) is 23.3 Å². The van der Waals surface area contributed by atoms with Gasteiger partial charge >= 0.3 is 0 Å². The minimum absolute atomic E-state index is 0.109. The first-order valence-electron chi connectivity index (χ1n) is 9.06. The summed E-state index contributed by atoms with van der Waals surface area (Å²) in [5.41, 5.74) is 4.40. The van der Waals surface area contributed by atoms with E-state index in [9.17, 15) is 4.79 Å². The first-order chi connectivity index (χ1) is 12.1. The van der Waals surface area contributed by atoms with E-state index in [1.807, 2.05) is 30.3 Å². The average molecular weight is 334 g/mol. The third kappa shape index (κ3) is 4.72. The molecule has 0 aromatic heterocycles. The third-order valence-electron chi connectivity index (χ3n) is 4.64. The topological polar surface area (TPSA) is 32.3 Å². The highest BCUT2D eigenvalue weighted by molar-refractivity contribution is 6.02. The van der Waals surface area contributed by atoms with Gasteiger partial charge in [-0.1, -0.05) is 38.1 Å². The number of rotatable bonds is 5. The van der Waals surface area contributed by atoms with Gasteiger partial charge in [0.25, 0.3) is 0 Å². The first kappa shape index (κ1) is 17.3. The fourth-order valence-electron chi connectivity index (χ4n) is 3.08. The van der Waals surface area contributed by atoms with Crippen LogP contribution in [-0.2, 0) is 4.79 Å². The van der Waals surface area contributed by atoms with Gasteiger partial charge in [-0.05, 0) is 60.2 Å². The molecule has 3 nitrogen and oxygen atoms in total. The Balaban J connectivity index is 1.56. The number of nitrogens with one attached hydrogen (secondary N) is 1. The highest BCUT2D eigenvalue weighted by atomic mass is 16.1. The van der Waals surface area contributed by atoms with E-state index >= 15 is 0 Å². The van der Waals surface area contributed by atoms with Crippen LogP contribution in [0.4, 0.5) is 11.4 Å². The highest BCUT2D eigenvalue weighted by Crippen LogP contribution is 2.22. The minimum atomic E-state index is -0.109. The standard InChI is InChI=1S/C22H26N2O/c1-17(2)19-8-5-18(6-9-19)7-14-22(25)23-20-10-12-21(13-11-20)24-15-3-4-16-24/h5-14,17H,3-4,15-16H2,1-2H3,(H,23,25)/b14-7+. The van der Waals surface area contributed by atoms with Crippen LogP contribution in [0, 0.1) is 0 Å². The lowest BCUT2D eigenvalue weighted by Crippen LogP contribution is -2.17. The molecule has 25 heavy (non-hydrogen) atoms. The molecule has 130 valence electrons. The van der Waals surface area contributed by atoms with E-state index in [4.69, 9.17) is 0 Å². The molecule has 1 aliphatic heterocycles. The van der Waals surface area contributed by atoms with Crippen molar-refractivity contribution in [1.29, 1.82) is 0 Å². The molecule has 1 fully saturated rings. The van der Waals surface area contributed by atoms with Gasteiger partial charge in [0.2, 0.25) is 5.91 Å². The Labute approximate surface area is 150 Å².